The van der Waals surface area contributed by atoms with Crippen molar-refractivity contribution in [1.82, 2.24) is 9.80 Å². The normalized spacial score (nSPS) is 16.1. The van der Waals surface area contributed by atoms with Crippen molar-refractivity contribution in [3.05, 3.63) is 35.6 Å². The fraction of sp³-hybridized carbons (Fsp3) is 0.529. The molecule has 0 spiro atoms. The predicted octanol–water partition coefficient (Wildman–Crippen LogP) is 2.20. The van der Waals surface area contributed by atoms with Crippen LogP contribution in [-0.4, -0.2) is 54.2 Å². The maximum absolute atomic E-state index is 12.9. The second kappa shape index (κ2) is 7.49. The first kappa shape index (κ1) is 16.6. The number of hydrogen-bond donors (Lipinski definition) is 0. The lowest BCUT2D eigenvalue weighted by molar-refractivity contribution is -0.133. The van der Waals surface area contributed by atoms with Gasteiger partial charge >= 0.3 is 0 Å². The van der Waals surface area contributed by atoms with Crippen LogP contribution in [0.4, 0.5) is 4.39 Å². The van der Waals surface area contributed by atoms with E-state index in [1.807, 2.05) is 23.6 Å². The quantitative estimate of drug-likeness (QED) is 0.783. The third kappa shape index (κ3) is 4.63. The Labute approximate surface area is 130 Å². The van der Waals surface area contributed by atoms with Crippen molar-refractivity contribution in [2.75, 3.05) is 32.7 Å². The van der Waals surface area contributed by atoms with Gasteiger partial charge in [0.05, 0.1) is 6.54 Å². The molecule has 0 saturated carbocycles. The molecule has 0 radical (unpaired) electrons. The number of ketones is 1. The van der Waals surface area contributed by atoms with E-state index >= 15 is 0 Å². The van der Waals surface area contributed by atoms with Crippen LogP contribution < -0.4 is 0 Å². The Morgan fingerprint density at radius 1 is 1.09 bits per heavy atom. The van der Waals surface area contributed by atoms with Crippen LogP contribution in [-0.2, 0) is 4.79 Å². The average molecular weight is 306 g/mol. The van der Waals surface area contributed by atoms with Gasteiger partial charge < -0.3 is 4.90 Å². The summed E-state index contributed by atoms with van der Waals surface area (Å²) < 4.78 is 12.9. The Hall–Kier alpha value is -1.75. The predicted molar refractivity (Wildman–Crippen MR) is 83.2 cm³/mol. The molecule has 1 aliphatic rings. The molecule has 0 aromatic heterocycles. The zero-order chi connectivity index (χ0) is 16.1. The van der Waals surface area contributed by atoms with E-state index in [1.165, 1.54) is 24.3 Å². The van der Waals surface area contributed by atoms with Gasteiger partial charge in [-0.1, -0.05) is 13.8 Å². The summed E-state index contributed by atoms with van der Waals surface area (Å²) in [6.45, 7) is 7.14. The molecule has 0 unspecified atom stereocenters. The van der Waals surface area contributed by atoms with Gasteiger partial charge in [0.15, 0.2) is 5.78 Å². The molecule has 5 heteroatoms. The van der Waals surface area contributed by atoms with E-state index in [0.717, 1.165) is 0 Å². The minimum atomic E-state index is -0.339. The molecule has 1 amide bonds. The Bertz CT molecular complexity index is 520. The van der Waals surface area contributed by atoms with E-state index in [2.05, 4.69) is 0 Å². The number of piperazine rings is 1. The third-order valence-electron chi connectivity index (χ3n) is 3.84. The van der Waals surface area contributed by atoms with E-state index in [-0.39, 0.29) is 17.5 Å². The Kier molecular flexibility index (Phi) is 5.66. The van der Waals surface area contributed by atoms with Crippen LogP contribution in [0.3, 0.4) is 0 Å². The second-order valence-corrected chi connectivity index (χ2v) is 6.18. The minimum Gasteiger partial charge on any atom is -0.340 e. The summed E-state index contributed by atoms with van der Waals surface area (Å²) in [5, 5.41) is 0. The molecule has 22 heavy (non-hydrogen) atoms. The van der Waals surface area contributed by atoms with Gasteiger partial charge in [-0.3, -0.25) is 14.5 Å². The number of rotatable bonds is 5. The molecular weight excluding hydrogens is 283 g/mol. The highest BCUT2D eigenvalue weighted by atomic mass is 19.1. The van der Waals surface area contributed by atoms with Crippen molar-refractivity contribution < 1.29 is 14.0 Å². The van der Waals surface area contributed by atoms with Crippen molar-refractivity contribution in [2.45, 2.75) is 20.3 Å². The summed E-state index contributed by atoms with van der Waals surface area (Å²) in [5.41, 5.74) is 0.528. The third-order valence-corrected chi connectivity index (χ3v) is 3.84. The Balaban J connectivity index is 1.81. The summed E-state index contributed by atoms with van der Waals surface area (Å²) in [6, 6.07) is 5.63. The maximum Gasteiger partial charge on any atom is 0.222 e. The van der Waals surface area contributed by atoms with Crippen LogP contribution in [0.1, 0.15) is 30.6 Å². The van der Waals surface area contributed by atoms with Gasteiger partial charge in [-0.25, -0.2) is 4.39 Å². The fourth-order valence-electron chi connectivity index (χ4n) is 2.56. The van der Waals surface area contributed by atoms with Crippen molar-refractivity contribution >= 4 is 11.7 Å². The minimum absolute atomic E-state index is 0.0121. The molecule has 0 bridgehead atoms. The number of nitrogens with zero attached hydrogens (tertiary/aromatic N) is 2. The van der Waals surface area contributed by atoms with E-state index in [0.29, 0.717) is 50.6 Å². The zero-order valence-corrected chi connectivity index (χ0v) is 13.2. The smallest absolute Gasteiger partial charge is 0.222 e. The lowest BCUT2D eigenvalue weighted by Crippen LogP contribution is -2.50. The summed E-state index contributed by atoms with van der Waals surface area (Å²) in [6.07, 6.45) is 0.578. The number of halogens is 1. The molecule has 1 aliphatic heterocycles. The van der Waals surface area contributed by atoms with Gasteiger partial charge in [-0.15, -0.1) is 0 Å². The summed E-state index contributed by atoms with van der Waals surface area (Å²) in [7, 11) is 0. The standard InChI is InChI=1S/C17H23FN2O2/c1-13(2)11-17(22)20-9-7-19(8-10-20)12-16(21)14-3-5-15(18)6-4-14/h3-6,13H,7-12H2,1-2H3. The first-order chi connectivity index (χ1) is 10.5. The zero-order valence-electron chi connectivity index (χ0n) is 13.2. The van der Waals surface area contributed by atoms with Gasteiger partial charge in [0, 0.05) is 38.2 Å². The number of carbonyl (C=O) groups is 2. The van der Waals surface area contributed by atoms with E-state index in [4.69, 9.17) is 0 Å². The number of carbonyl (C=O) groups excluding carboxylic acids is 2. The number of amides is 1. The van der Waals surface area contributed by atoms with Crippen LogP contribution in [0.2, 0.25) is 0 Å². The second-order valence-electron chi connectivity index (χ2n) is 6.18. The number of Topliss-reactive ketones (excluding diaryl/α,β-unsaturated/α-hetero) is 1. The van der Waals surface area contributed by atoms with E-state index in [9.17, 15) is 14.0 Å². The highest BCUT2D eigenvalue weighted by Gasteiger charge is 2.23. The van der Waals surface area contributed by atoms with E-state index < -0.39 is 0 Å². The average Bonchev–Trinajstić information content (AvgIpc) is 2.48. The molecule has 1 aromatic rings. The van der Waals surface area contributed by atoms with Crippen LogP contribution >= 0.6 is 0 Å². The van der Waals surface area contributed by atoms with Crippen molar-refractivity contribution in [3.63, 3.8) is 0 Å². The topological polar surface area (TPSA) is 40.6 Å². The lowest BCUT2D eigenvalue weighted by atomic mass is 10.1. The molecule has 0 atom stereocenters. The largest absolute Gasteiger partial charge is 0.340 e. The van der Waals surface area contributed by atoms with Crippen molar-refractivity contribution in [2.24, 2.45) is 5.92 Å². The number of hydrogen-bond acceptors (Lipinski definition) is 3. The molecule has 0 aliphatic carbocycles. The summed E-state index contributed by atoms with van der Waals surface area (Å²) in [5.74, 6) is 0.209. The van der Waals surface area contributed by atoms with E-state index in [1.54, 1.807) is 0 Å². The molecule has 1 aromatic carbocycles. The number of benzene rings is 1. The van der Waals surface area contributed by atoms with Gasteiger partial charge in [0.25, 0.3) is 0 Å². The van der Waals surface area contributed by atoms with Crippen LogP contribution in [0.25, 0.3) is 0 Å². The summed E-state index contributed by atoms with van der Waals surface area (Å²) >= 11 is 0. The monoisotopic (exact) mass is 306 g/mol. The van der Waals surface area contributed by atoms with Crippen molar-refractivity contribution in [1.29, 1.82) is 0 Å². The summed E-state index contributed by atoms with van der Waals surface area (Å²) in [4.78, 5) is 28.1. The van der Waals surface area contributed by atoms with Gasteiger partial charge in [-0.05, 0) is 30.2 Å². The molecule has 1 saturated heterocycles. The Morgan fingerprint density at radius 2 is 1.68 bits per heavy atom. The molecule has 1 heterocycles. The van der Waals surface area contributed by atoms with Crippen molar-refractivity contribution in [3.8, 4) is 0 Å². The van der Waals surface area contributed by atoms with Gasteiger partial charge in [0.1, 0.15) is 5.82 Å². The molecule has 1 fully saturated rings. The van der Waals surface area contributed by atoms with Crippen LogP contribution in [0.15, 0.2) is 24.3 Å². The van der Waals surface area contributed by atoms with Crippen LogP contribution in [0.5, 0.6) is 0 Å². The maximum atomic E-state index is 12.9. The highest BCUT2D eigenvalue weighted by molar-refractivity contribution is 5.97. The highest BCUT2D eigenvalue weighted by Crippen LogP contribution is 2.10. The lowest BCUT2D eigenvalue weighted by Gasteiger charge is -2.34. The van der Waals surface area contributed by atoms with Gasteiger partial charge in [0.2, 0.25) is 5.91 Å². The Morgan fingerprint density at radius 3 is 2.23 bits per heavy atom. The molecule has 120 valence electrons. The fourth-order valence-corrected chi connectivity index (χ4v) is 2.56. The van der Waals surface area contributed by atoms with Gasteiger partial charge in [-0.2, -0.15) is 0 Å². The van der Waals surface area contributed by atoms with Crippen LogP contribution in [0, 0.1) is 11.7 Å². The molecule has 4 nitrogen and oxygen atoms in total. The molecule has 2 rings (SSSR count). The first-order valence-electron chi connectivity index (χ1n) is 7.74. The molecular formula is C17H23FN2O2. The SMILES string of the molecule is CC(C)CC(=O)N1CCN(CC(=O)c2ccc(F)cc2)CC1. The molecule has 0 N–H and O–H groups in total. The first-order valence-corrected chi connectivity index (χ1v) is 7.74.